The highest BCUT2D eigenvalue weighted by atomic mass is 35.5. The van der Waals surface area contributed by atoms with Crippen LogP contribution in [0.15, 0.2) is 29.1 Å². The molecule has 1 heterocycles. The summed E-state index contributed by atoms with van der Waals surface area (Å²) in [5.41, 5.74) is 7.55. The van der Waals surface area contributed by atoms with E-state index < -0.39 is 0 Å². The molecule has 5 nitrogen and oxygen atoms in total. The van der Waals surface area contributed by atoms with Crippen molar-refractivity contribution in [3.63, 3.8) is 0 Å². The van der Waals surface area contributed by atoms with Crippen LogP contribution in [0.4, 0.5) is 0 Å². The Morgan fingerprint density at radius 3 is 2.71 bits per heavy atom. The number of nitrogens with zero attached hydrogens (tertiary/aromatic N) is 2. The first-order valence-corrected chi connectivity index (χ1v) is 7.13. The zero-order valence-electron chi connectivity index (χ0n) is 12.1. The van der Waals surface area contributed by atoms with E-state index in [2.05, 4.69) is 5.10 Å². The molecule has 2 rings (SSSR count). The monoisotopic (exact) mass is 307 g/mol. The van der Waals surface area contributed by atoms with Gasteiger partial charge in [0.2, 0.25) is 0 Å². The van der Waals surface area contributed by atoms with Gasteiger partial charge in [0.15, 0.2) is 0 Å². The van der Waals surface area contributed by atoms with Gasteiger partial charge in [0.25, 0.3) is 5.56 Å². The topological polar surface area (TPSA) is 70.1 Å². The maximum Gasteiger partial charge on any atom is 0.271 e. The van der Waals surface area contributed by atoms with Gasteiger partial charge in [0.05, 0.1) is 17.8 Å². The lowest BCUT2D eigenvalue weighted by molar-refractivity contribution is 0.415. The second-order valence-electron chi connectivity index (χ2n) is 4.64. The van der Waals surface area contributed by atoms with Crippen LogP contribution >= 0.6 is 11.6 Å². The molecule has 1 aromatic carbocycles. The van der Waals surface area contributed by atoms with E-state index in [4.69, 9.17) is 22.1 Å². The highest BCUT2D eigenvalue weighted by Gasteiger charge is 2.10. The van der Waals surface area contributed by atoms with Crippen LogP contribution in [0.2, 0.25) is 5.02 Å². The van der Waals surface area contributed by atoms with Gasteiger partial charge in [-0.1, -0.05) is 18.5 Å². The summed E-state index contributed by atoms with van der Waals surface area (Å²) in [7, 11) is 1.56. The van der Waals surface area contributed by atoms with Crippen molar-refractivity contribution in [1.29, 1.82) is 0 Å². The second-order valence-corrected chi connectivity index (χ2v) is 5.04. The zero-order valence-corrected chi connectivity index (χ0v) is 12.9. The molecule has 6 heteroatoms. The van der Waals surface area contributed by atoms with E-state index in [-0.39, 0.29) is 12.1 Å². The molecular weight excluding hydrogens is 290 g/mol. The van der Waals surface area contributed by atoms with Crippen molar-refractivity contribution in [3.05, 3.63) is 45.2 Å². The first-order chi connectivity index (χ1) is 10.1. The van der Waals surface area contributed by atoms with Crippen LogP contribution in [0.5, 0.6) is 5.75 Å². The van der Waals surface area contributed by atoms with E-state index in [9.17, 15) is 4.79 Å². The smallest absolute Gasteiger partial charge is 0.271 e. The first kappa shape index (κ1) is 15.5. The van der Waals surface area contributed by atoms with Crippen LogP contribution < -0.4 is 16.0 Å². The molecule has 0 bridgehead atoms. The number of aromatic nitrogens is 2. The Bertz CT molecular complexity index is 698. The molecule has 2 N–H and O–H groups in total. The lowest BCUT2D eigenvalue weighted by atomic mass is 10.1. The van der Waals surface area contributed by atoms with Crippen molar-refractivity contribution in [2.24, 2.45) is 5.73 Å². The summed E-state index contributed by atoms with van der Waals surface area (Å²) in [5.74, 6) is 0.598. The molecule has 112 valence electrons. The first-order valence-electron chi connectivity index (χ1n) is 6.75. The fraction of sp³-hybridized carbons (Fsp3) is 0.333. The Kier molecular flexibility index (Phi) is 4.98. The van der Waals surface area contributed by atoms with Crippen molar-refractivity contribution in [3.8, 4) is 17.0 Å². The minimum Gasteiger partial charge on any atom is -0.495 e. The third-order valence-corrected chi connectivity index (χ3v) is 3.45. The molecule has 21 heavy (non-hydrogen) atoms. The number of hydrogen-bond donors (Lipinski definition) is 1. The number of aryl methyl sites for hydroxylation is 1. The van der Waals surface area contributed by atoms with E-state index in [0.29, 0.717) is 28.6 Å². The Hall–Kier alpha value is -1.85. The fourth-order valence-corrected chi connectivity index (χ4v) is 2.33. The molecular formula is C15H18ClN3O2. The van der Waals surface area contributed by atoms with Crippen LogP contribution in [0.3, 0.4) is 0 Å². The van der Waals surface area contributed by atoms with Gasteiger partial charge >= 0.3 is 0 Å². The molecule has 2 aromatic rings. The Balaban J connectivity index is 2.55. The predicted molar refractivity (Wildman–Crippen MR) is 83.7 cm³/mol. The van der Waals surface area contributed by atoms with Crippen molar-refractivity contribution >= 4 is 11.6 Å². The lowest BCUT2D eigenvalue weighted by Crippen LogP contribution is -2.28. The molecule has 0 fully saturated rings. The molecule has 0 radical (unpaired) electrons. The van der Waals surface area contributed by atoms with Gasteiger partial charge in [-0.05, 0) is 30.7 Å². The van der Waals surface area contributed by atoms with Crippen LogP contribution in [-0.4, -0.2) is 16.9 Å². The summed E-state index contributed by atoms with van der Waals surface area (Å²) in [6.45, 7) is 2.73. The quantitative estimate of drug-likeness (QED) is 0.921. The number of hydrogen-bond acceptors (Lipinski definition) is 4. The largest absolute Gasteiger partial charge is 0.495 e. The number of ether oxygens (including phenoxy) is 1. The van der Waals surface area contributed by atoms with Crippen molar-refractivity contribution in [2.75, 3.05) is 7.11 Å². The van der Waals surface area contributed by atoms with Gasteiger partial charge in [-0.25, -0.2) is 4.68 Å². The molecule has 0 spiro atoms. The van der Waals surface area contributed by atoms with Crippen molar-refractivity contribution in [2.45, 2.75) is 26.4 Å². The normalized spacial score (nSPS) is 10.7. The van der Waals surface area contributed by atoms with Gasteiger partial charge in [-0.2, -0.15) is 5.10 Å². The lowest BCUT2D eigenvalue weighted by Gasteiger charge is -2.10. The summed E-state index contributed by atoms with van der Waals surface area (Å²) in [5, 5.41) is 4.89. The van der Waals surface area contributed by atoms with Crippen LogP contribution in [-0.2, 0) is 13.1 Å². The van der Waals surface area contributed by atoms with Gasteiger partial charge in [-0.15, -0.1) is 0 Å². The maximum atomic E-state index is 12.1. The standard InChI is InChI=1S/C15H18ClN3O2/c1-3-6-19-15(20)11(9-17)8-13(18-19)10-4-5-14(21-2)12(16)7-10/h4-5,7-8H,3,6,9,17H2,1-2H3. The van der Waals surface area contributed by atoms with E-state index in [1.165, 1.54) is 4.68 Å². The molecule has 0 aliphatic carbocycles. The Labute approximate surface area is 128 Å². The van der Waals surface area contributed by atoms with Crippen LogP contribution in [0, 0.1) is 0 Å². The molecule has 0 saturated carbocycles. The SMILES string of the molecule is CCCn1nc(-c2ccc(OC)c(Cl)c2)cc(CN)c1=O. The highest BCUT2D eigenvalue weighted by molar-refractivity contribution is 6.32. The average Bonchev–Trinajstić information content (AvgIpc) is 2.49. The summed E-state index contributed by atoms with van der Waals surface area (Å²) in [6, 6.07) is 7.11. The molecule has 1 aromatic heterocycles. The molecule has 0 unspecified atom stereocenters. The summed E-state index contributed by atoms with van der Waals surface area (Å²) >= 11 is 6.14. The predicted octanol–water partition coefficient (Wildman–Crippen LogP) is 2.44. The summed E-state index contributed by atoms with van der Waals surface area (Å²) < 4.78 is 6.59. The van der Waals surface area contributed by atoms with Crippen molar-refractivity contribution in [1.82, 2.24) is 9.78 Å². The van der Waals surface area contributed by atoms with Gasteiger partial charge in [0, 0.05) is 24.2 Å². The van der Waals surface area contributed by atoms with E-state index in [0.717, 1.165) is 12.0 Å². The summed E-state index contributed by atoms with van der Waals surface area (Å²) in [4.78, 5) is 12.1. The van der Waals surface area contributed by atoms with Crippen LogP contribution in [0.1, 0.15) is 18.9 Å². The van der Waals surface area contributed by atoms with Gasteiger partial charge in [0.1, 0.15) is 5.75 Å². The van der Waals surface area contributed by atoms with Crippen LogP contribution in [0.25, 0.3) is 11.3 Å². The maximum absolute atomic E-state index is 12.1. The Morgan fingerprint density at radius 2 is 2.14 bits per heavy atom. The number of halogens is 1. The third kappa shape index (κ3) is 3.25. The number of methoxy groups -OCH3 is 1. The fourth-order valence-electron chi connectivity index (χ4n) is 2.07. The Morgan fingerprint density at radius 1 is 1.38 bits per heavy atom. The molecule has 0 amide bonds. The molecule has 0 saturated heterocycles. The number of benzene rings is 1. The second kappa shape index (κ2) is 6.74. The van der Waals surface area contributed by atoms with Crippen molar-refractivity contribution < 1.29 is 4.74 Å². The van der Waals surface area contributed by atoms with Gasteiger partial charge < -0.3 is 10.5 Å². The average molecular weight is 308 g/mol. The minimum absolute atomic E-state index is 0.136. The number of nitrogens with two attached hydrogens (primary N) is 1. The summed E-state index contributed by atoms with van der Waals surface area (Å²) in [6.07, 6.45) is 0.823. The highest BCUT2D eigenvalue weighted by Crippen LogP contribution is 2.29. The number of rotatable bonds is 5. The van der Waals surface area contributed by atoms with E-state index >= 15 is 0 Å². The zero-order chi connectivity index (χ0) is 15.4. The molecule has 0 aliphatic rings. The van der Waals surface area contributed by atoms with Gasteiger partial charge in [-0.3, -0.25) is 4.79 Å². The third-order valence-electron chi connectivity index (χ3n) is 3.15. The molecule has 0 atom stereocenters. The van der Waals surface area contributed by atoms with E-state index in [1.54, 1.807) is 25.3 Å². The minimum atomic E-state index is -0.136. The van der Waals surface area contributed by atoms with E-state index in [1.807, 2.05) is 13.0 Å². The molecule has 0 aliphatic heterocycles.